The lowest BCUT2D eigenvalue weighted by Crippen LogP contribution is -2.02. The van der Waals surface area contributed by atoms with Crippen LogP contribution in [-0.2, 0) is 0 Å². The third kappa shape index (κ3) is 4.03. The Bertz CT molecular complexity index is 860. The van der Waals surface area contributed by atoms with Crippen LogP contribution in [-0.4, -0.2) is 9.97 Å². The second-order valence-corrected chi connectivity index (χ2v) is 6.21. The van der Waals surface area contributed by atoms with Crippen LogP contribution in [0.25, 0.3) is 0 Å². The summed E-state index contributed by atoms with van der Waals surface area (Å²) in [5.41, 5.74) is 5.29. The van der Waals surface area contributed by atoms with Gasteiger partial charge in [-0.3, -0.25) is 0 Å². The molecule has 5 heteroatoms. The SMILES string of the molecule is Cc1cc(Nc2ccc(C)c(C)c2)nc(Nc2ccc(Cl)cc2)n1. The smallest absolute Gasteiger partial charge is 0.229 e. The quantitative estimate of drug-likeness (QED) is 0.655. The fraction of sp³-hybridized carbons (Fsp3) is 0.158. The number of hydrogen-bond donors (Lipinski definition) is 2. The van der Waals surface area contributed by atoms with Crippen molar-refractivity contribution in [1.29, 1.82) is 0 Å². The van der Waals surface area contributed by atoms with Gasteiger partial charge in [-0.05, 0) is 68.3 Å². The second-order valence-electron chi connectivity index (χ2n) is 5.77. The third-order valence-electron chi connectivity index (χ3n) is 3.73. The van der Waals surface area contributed by atoms with Crippen molar-refractivity contribution in [3.63, 3.8) is 0 Å². The van der Waals surface area contributed by atoms with Crippen LogP contribution < -0.4 is 10.6 Å². The van der Waals surface area contributed by atoms with Crippen molar-refractivity contribution in [3.05, 3.63) is 70.4 Å². The van der Waals surface area contributed by atoms with E-state index in [9.17, 15) is 0 Å². The number of nitrogens with zero attached hydrogens (tertiary/aromatic N) is 2. The maximum Gasteiger partial charge on any atom is 0.229 e. The van der Waals surface area contributed by atoms with Gasteiger partial charge in [0.1, 0.15) is 5.82 Å². The first kappa shape index (κ1) is 16.3. The summed E-state index contributed by atoms with van der Waals surface area (Å²) in [5.74, 6) is 1.30. The van der Waals surface area contributed by atoms with Gasteiger partial charge in [0.2, 0.25) is 5.95 Å². The Morgan fingerprint density at radius 1 is 0.750 bits per heavy atom. The number of nitrogens with one attached hydrogen (secondary N) is 2. The minimum Gasteiger partial charge on any atom is -0.340 e. The molecule has 1 aromatic heterocycles. The molecule has 3 rings (SSSR count). The summed E-state index contributed by atoms with van der Waals surface area (Å²) in [6.07, 6.45) is 0. The van der Waals surface area contributed by atoms with Gasteiger partial charge in [-0.25, -0.2) is 4.98 Å². The molecule has 0 aliphatic rings. The van der Waals surface area contributed by atoms with Gasteiger partial charge in [-0.15, -0.1) is 0 Å². The Balaban J connectivity index is 1.82. The maximum absolute atomic E-state index is 5.91. The van der Waals surface area contributed by atoms with E-state index >= 15 is 0 Å². The molecule has 0 saturated heterocycles. The molecule has 1 heterocycles. The number of aryl methyl sites for hydroxylation is 3. The van der Waals surface area contributed by atoms with E-state index in [1.807, 2.05) is 43.3 Å². The normalized spacial score (nSPS) is 10.5. The topological polar surface area (TPSA) is 49.8 Å². The fourth-order valence-electron chi connectivity index (χ4n) is 2.32. The third-order valence-corrected chi connectivity index (χ3v) is 3.99. The number of hydrogen-bond acceptors (Lipinski definition) is 4. The molecule has 3 aromatic rings. The molecular formula is C19H19ClN4. The van der Waals surface area contributed by atoms with Gasteiger partial charge < -0.3 is 10.6 Å². The van der Waals surface area contributed by atoms with Crippen molar-refractivity contribution in [2.75, 3.05) is 10.6 Å². The van der Waals surface area contributed by atoms with Gasteiger partial charge in [0.15, 0.2) is 0 Å². The standard InChI is InChI=1S/C19H19ClN4/c1-12-4-7-17(10-13(12)2)22-18-11-14(3)21-19(24-18)23-16-8-5-15(20)6-9-16/h4-11H,1-3H3,(H2,21,22,23,24). The highest BCUT2D eigenvalue weighted by atomic mass is 35.5. The minimum atomic E-state index is 0.545. The van der Waals surface area contributed by atoms with Crippen LogP contribution in [0.2, 0.25) is 5.02 Å². The Kier molecular flexibility index (Phi) is 4.67. The first-order chi connectivity index (χ1) is 11.5. The first-order valence-electron chi connectivity index (χ1n) is 7.72. The van der Waals surface area contributed by atoms with Crippen LogP contribution in [0.5, 0.6) is 0 Å². The van der Waals surface area contributed by atoms with E-state index in [-0.39, 0.29) is 0 Å². The van der Waals surface area contributed by atoms with Gasteiger partial charge >= 0.3 is 0 Å². The summed E-state index contributed by atoms with van der Waals surface area (Å²) in [7, 11) is 0. The molecule has 0 saturated carbocycles. The monoisotopic (exact) mass is 338 g/mol. The minimum absolute atomic E-state index is 0.545. The molecule has 0 aliphatic heterocycles. The van der Waals surface area contributed by atoms with Gasteiger partial charge in [-0.2, -0.15) is 4.98 Å². The zero-order chi connectivity index (χ0) is 17.1. The number of anilines is 4. The summed E-state index contributed by atoms with van der Waals surface area (Å²) in [4.78, 5) is 8.96. The molecule has 0 fully saturated rings. The molecule has 4 nitrogen and oxygen atoms in total. The average Bonchev–Trinajstić information content (AvgIpc) is 2.53. The molecule has 24 heavy (non-hydrogen) atoms. The van der Waals surface area contributed by atoms with Crippen LogP contribution >= 0.6 is 11.6 Å². The summed E-state index contributed by atoms with van der Waals surface area (Å²) in [6, 6.07) is 15.6. The van der Waals surface area contributed by atoms with Crippen molar-refractivity contribution in [1.82, 2.24) is 9.97 Å². The van der Waals surface area contributed by atoms with Crippen LogP contribution in [0.3, 0.4) is 0 Å². The fourth-order valence-corrected chi connectivity index (χ4v) is 2.44. The van der Waals surface area contributed by atoms with Crippen LogP contribution in [0.15, 0.2) is 48.5 Å². The molecule has 2 aromatic carbocycles. The Morgan fingerprint density at radius 3 is 2.17 bits per heavy atom. The number of rotatable bonds is 4. The summed E-state index contributed by atoms with van der Waals surface area (Å²) >= 11 is 5.91. The summed E-state index contributed by atoms with van der Waals surface area (Å²) in [5, 5.41) is 7.23. The van der Waals surface area contributed by atoms with E-state index in [1.165, 1.54) is 11.1 Å². The summed E-state index contributed by atoms with van der Waals surface area (Å²) < 4.78 is 0. The highest BCUT2D eigenvalue weighted by Gasteiger charge is 2.04. The zero-order valence-electron chi connectivity index (χ0n) is 13.9. The van der Waals surface area contributed by atoms with Gasteiger partial charge in [0, 0.05) is 28.2 Å². The molecule has 0 radical (unpaired) electrons. The molecule has 0 unspecified atom stereocenters. The highest BCUT2D eigenvalue weighted by Crippen LogP contribution is 2.21. The number of halogens is 1. The van der Waals surface area contributed by atoms with Crippen molar-refractivity contribution in [2.24, 2.45) is 0 Å². The molecule has 122 valence electrons. The maximum atomic E-state index is 5.91. The lowest BCUT2D eigenvalue weighted by atomic mass is 10.1. The Morgan fingerprint density at radius 2 is 1.46 bits per heavy atom. The molecule has 2 N–H and O–H groups in total. The van der Waals surface area contributed by atoms with E-state index in [1.54, 1.807) is 0 Å². The highest BCUT2D eigenvalue weighted by molar-refractivity contribution is 6.30. The molecule has 0 bridgehead atoms. The van der Waals surface area contributed by atoms with E-state index in [2.05, 4.69) is 46.6 Å². The van der Waals surface area contributed by atoms with E-state index in [4.69, 9.17) is 11.6 Å². The Hall–Kier alpha value is -2.59. The molecule has 0 aliphatic carbocycles. The van der Waals surface area contributed by atoms with Gasteiger partial charge in [0.05, 0.1) is 0 Å². The van der Waals surface area contributed by atoms with E-state index < -0.39 is 0 Å². The number of benzene rings is 2. The van der Waals surface area contributed by atoms with Gasteiger partial charge in [-0.1, -0.05) is 17.7 Å². The van der Waals surface area contributed by atoms with Crippen LogP contribution in [0.4, 0.5) is 23.1 Å². The summed E-state index contributed by atoms with van der Waals surface area (Å²) in [6.45, 7) is 6.14. The first-order valence-corrected chi connectivity index (χ1v) is 8.10. The van der Waals surface area contributed by atoms with Crippen LogP contribution in [0.1, 0.15) is 16.8 Å². The van der Waals surface area contributed by atoms with E-state index in [0.29, 0.717) is 11.0 Å². The van der Waals surface area contributed by atoms with Crippen molar-refractivity contribution >= 4 is 34.7 Å². The van der Waals surface area contributed by atoms with Crippen LogP contribution in [0, 0.1) is 20.8 Å². The van der Waals surface area contributed by atoms with Gasteiger partial charge in [0.25, 0.3) is 0 Å². The van der Waals surface area contributed by atoms with Crippen molar-refractivity contribution in [3.8, 4) is 0 Å². The molecule has 0 amide bonds. The molecule has 0 spiro atoms. The van der Waals surface area contributed by atoms with E-state index in [0.717, 1.165) is 22.9 Å². The lowest BCUT2D eigenvalue weighted by Gasteiger charge is -2.11. The average molecular weight is 339 g/mol. The van der Waals surface area contributed by atoms with Crippen molar-refractivity contribution in [2.45, 2.75) is 20.8 Å². The zero-order valence-corrected chi connectivity index (χ0v) is 14.6. The predicted molar refractivity (Wildman–Crippen MR) is 101 cm³/mol. The molecular weight excluding hydrogens is 320 g/mol. The predicted octanol–water partition coefficient (Wildman–Crippen LogP) is 5.54. The van der Waals surface area contributed by atoms with Crippen molar-refractivity contribution < 1.29 is 0 Å². The number of aromatic nitrogens is 2. The lowest BCUT2D eigenvalue weighted by molar-refractivity contribution is 1.11. The molecule has 0 atom stereocenters. The second kappa shape index (κ2) is 6.89. The largest absolute Gasteiger partial charge is 0.340 e. The Labute approximate surface area is 146 Å².